The van der Waals surface area contributed by atoms with Crippen molar-refractivity contribution in [3.63, 3.8) is 0 Å². The average Bonchev–Trinajstić information content (AvgIpc) is 2.52. The molecule has 1 aliphatic heterocycles. The molecule has 1 saturated heterocycles. The summed E-state index contributed by atoms with van der Waals surface area (Å²) in [5.74, 6) is -0.387. The van der Waals surface area contributed by atoms with Crippen LogP contribution < -0.4 is 5.32 Å². The minimum absolute atomic E-state index is 0.170. The minimum Gasteiger partial charge on any atom is -0.394 e. The van der Waals surface area contributed by atoms with E-state index in [4.69, 9.17) is 9.47 Å². The van der Waals surface area contributed by atoms with Crippen molar-refractivity contribution in [2.24, 2.45) is 0 Å². The van der Waals surface area contributed by atoms with Gasteiger partial charge in [-0.15, -0.1) is 0 Å². The number of hydrogen-bond donors (Lipinski definition) is 4. The lowest BCUT2D eigenvalue weighted by Gasteiger charge is -2.42. The van der Waals surface area contributed by atoms with Crippen molar-refractivity contribution in [1.82, 2.24) is 5.32 Å². The second-order valence-electron chi connectivity index (χ2n) is 5.34. The molecule has 23 heavy (non-hydrogen) atoms. The molecule has 1 heterocycles. The fourth-order valence-electron chi connectivity index (χ4n) is 2.40. The molecule has 128 valence electrons. The highest BCUT2D eigenvalue weighted by Crippen LogP contribution is 2.24. The zero-order chi connectivity index (χ0) is 17.0. The van der Waals surface area contributed by atoms with Gasteiger partial charge >= 0.3 is 0 Å². The number of carbonyl (C=O) groups excluding carboxylic acids is 1. The standard InChI is InChI=1S/C15H20BrNO6/c1-8(19)17-12-14(21)13(20)11(6-18)23-15(12)22-7-9-4-2-3-5-10(9)16/h2-5,11-15,18,20-21H,6-7H2,1H3,(H,17,19). The summed E-state index contributed by atoms with van der Waals surface area (Å²) in [5, 5.41) is 31.8. The summed E-state index contributed by atoms with van der Waals surface area (Å²) in [6.07, 6.45) is -4.62. The summed E-state index contributed by atoms with van der Waals surface area (Å²) in [5.41, 5.74) is 0.860. The number of amides is 1. The first-order chi connectivity index (χ1) is 10.9. The fraction of sp³-hybridized carbons (Fsp3) is 0.533. The van der Waals surface area contributed by atoms with E-state index in [0.29, 0.717) is 0 Å². The highest BCUT2D eigenvalue weighted by atomic mass is 79.9. The highest BCUT2D eigenvalue weighted by Gasteiger charge is 2.45. The SMILES string of the molecule is CC(=O)NC1C(OCc2ccccc2Br)OC(CO)C(O)C1O. The van der Waals surface area contributed by atoms with E-state index >= 15 is 0 Å². The van der Waals surface area contributed by atoms with Gasteiger partial charge in [0.05, 0.1) is 13.2 Å². The molecule has 1 aromatic carbocycles. The first-order valence-corrected chi connectivity index (χ1v) is 7.98. The smallest absolute Gasteiger partial charge is 0.217 e. The minimum atomic E-state index is -1.32. The van der Waals surface area contributed by atoms with E-state index in [0.717, 1.165) is 10.0 Å². The van der Waals surface area contributed by atoms with Crippen LogP contribution >= 0.6 is 15.9 Å². The van der Waals surface area contributed by atoms with Gasteiger partial charge < -0.3 is 30.1 Å². The number of aliphatic hydroxyl groups is 3. The van der Waals surface area contributed by atoms with Crippen LogP contribution in [0.4, 0.5) is 0 Å². The Morgan fingerprint density at radius 3 is 2.65 bits per heavy atom. The predicted octanol–water partition coefficient (Wildman–Crippen LogP) is -0.0906. The molecule has 1 fully saturated rings. The lowest BCUT2D eigenvalue weighted by molar-refractivity contribution is -0.273. The number of ether oxygens (including phenoxy) is 2. The molecular weight excluding hydrogens is 370 g/mol. The third-order valence-corrected chi connectivity index (χ3v) is 4.39. The van der Waals surface area contributed by atoms with E-state index in [2.05, 4.69) is 21.2 Å². The third kappa shape index (κ3) is 4.50. The lowest BCUT2D eigenvalue weighted by atomic mass is 9.97. The van der Waals surface area contributed by atoms with Gasteiger partial charge in [-0.25, -0.2) is 0 Å². The maximum absolute atomic E-state index is 11.3. The zero-order valence-corrected chi connectivity index (χ0v) is 14.1. The number of hydrogen-bond acceptors (Lipinski definition) is 6. The van der Waals surface area contributed by atoms with E-state index < -0.39 is 37.3 Å². The van der Waals surface area contributed by atoms with E-state index in [9.17, 15) is 20.1 Å². The van der Waals surface area contributed by atoms with Crippen molar-refractivity contribution in [1.29, 1.82) is 0 Å². The topological polar surface area (TPSA) is 108 Å². The van der Waals surface area contributed by atoms with Crippen LogP contribution in [0.5, 0.6) is 0 Å². The van der Waals surface area contributed by atoms with Gasteiger partial charge in [-0.05, 0) is 11.6 Å². The van der Waals surface area contributed by atoms with Crippen LogP contribution in [0.15, 0.2) is 28.7 Å². The van der Waals surface area contributed by atoms with Crippen molar-refractivity contribution in [3.8, 4) is 0 Å². The van der Waals surface area contributed by atoms with Gasteiger partial charge in [0.15, 0.2) is 6.29 Å². The summed E-state index contributed by atoms with van der Waals surface area (Å²) in [6.45, 7) is 0.991. The Morgan fingerprint density at radius 1 is 1.35 bits per heavy atom. The van der Waals surface area contributed by atoms with Crippen molar-refractivity contribution < 1.29 is 29.6 Å². The second kappa shape index (κ2) is 8.18. The molecule has 8 heteroatoms. The van der Waals surface area contributed by atoms with Crippen molar-refractivity contribution >= 4 is 21.8 Å². The number of nitrogens with one attached hydrogen (secondary N) is 1. The molecule has 0 aromatic heterocycles. The van der Waals surface area contributed by atoms with Crippen LogP contribution in [0.2, 0.25) is 0 Å². The van der Waals surface area contributed by atoms with Crippen LogP contribution in [0.1, 0.15) is 12.5 Å². The quantitative estimate of drug-likeness (QED) is 0.560. The molecule has 1 aliphatic rings. The van der Waals surface area contributed by atoms with Crippen molar-refractivity contribution in [2.75, 3.05) is 6.61 Å². The fourth-order valence-corrected chi connectivity index (χ4v) is 2.80. The number of rotatable bonds is 5. The maximum atomic E-state index is 11.3. The van der Waals surface area contributed by atoms with Crippen LogP contribution in [-0.4, -0.2) is 58.5 Å². The van der Waals surface area contributed by atoms with Gasteiger partial charge in [-0.1, -0.05) is 34.1 Å². The van der Waals surface area contributed by atoms with Crippen LogP contribution in [-0.2, 0) is 20.9 Å². The maximum Gasteiger partial charge on any atom is 0.217 e. The molecule has 4 N–H and O–H groups in total. The summed E-state index contributed by atoms with van der Waals surface area (Å²) in [7, 11) is 0. The van der Waals surface area contributed by atoms with Gasteiger partial charge in [0.1, 0.15) is 24.4 Å². The Labute approximate surface area is 142 Å². The van der Waals surface area contributed by atoms with Crippen LogP contribution in [0.3, 0.4) is 0 Å². The second-order valence-corrected chi connectivity index (χ2v) is 6.19. The van der Waals surface area contributed by atoms with Gasteiger partial charge in [-0.3, -0.25) is 4.79 Å². The molecule has 5 atom stereocenters. The first kappa shape index (κ1) is 18.3. The Balaban J connectivity index is 2.11. The summed E-state index contributed by atoms with van der Waals surface area (Å²) >= 11 is 3.40. The molecule has 1 amide bonds. The average molecular weight is 390 g/mol. The number of aliphatic hydroxyl groups excluding tert-OH is 3. The summed E-state index contributed by atoms with van der Waals surface area (Å²) in [4.78, 5) is 11.3. The van der Waals surface area contributed by atoms with E-state index in [-0.39, 0.29) is 12.5 Å². The molecule has 1 aromatic rings. The monoisotopic (exact) mass is 389 g/mol. The number of carbonyl (C=O) groups is 1. The van der Waals surface area contributed by atoms with E-state index in [1.165, 1.54) is 6.92 Å². The first-order valence-electron chi connectivity index (χ1n) is 7.18. The molecule has 0 aliphatic carbocycles. The number of benzene rings is 1. The van der Waals surface area contributed by atoms with E-state index in [1.54, 1.807) is 0 Å². The largest absolute Gasteiger partial charge is 0.394 e. The molecule has 0 radical (unpaired) electrons. The number of halogens is 1. The van der Waals surface area contributed by atoms with Gasteiger partial charge in [0, 0.05) is 11.4 Å². The van der Waals surface area contributed by atoms with Gasteiger partial charge in [0.2, 0.25) is 5.91 Å². The molecular formula is C15H20BrNO6. The molecule has 0 saturated carbocycles. The molecule has 7 nitrogen and oxygen atoms in total. The van der Waals surface area contributed by atoms with Gasteiger partial charge in [0.25, 0.3) is 0 Å². The molecule has 2 rings (SSSR count). The highest BCUT2D eigenvalue weighted by molar-refractivity contribution is 9.10. The molecule has 0 spiro atoms. The van der Waals surface area contributed by atoms with Gasteiger partial charge in [-0.2, -0.15) is 0 Å². The van der Waals surface area contributed by atoms with Crippen LogP contribution in [0, 0.1) is 0 Å². The normalized spacial score (nSPS) is 30.9. The molecule has 0 bridgehead atoms. The Morgan fingerprint density at radius 2 is 2.04 bits per heavy atom. The predicted molar refractivity (Wildman–Crippen MR) is 84.3 cm³/mol. The molecule has 5 unspecified atom stereocenters. The summed E-state index contributed by atoms with van der Waals surface area (Å²) in [6, 6.07) is 6.50. The van der Waals surface area contributed by atoms with Crippen LogP contribution in [0.25, 0.3) is 0 Å². The summed E-state index contributed by atoms with van der Waals surface area (Å²) < 4.78 is 12.0. The lowest BCUT2D eigenvalue weighted by Crippen LogP contribution is -2.64. The Bertz CT molecular complexity index is 542. The van der Waals surface area contributed by atoms with Crippen molar-refractivity contribution in [2.45, 2.75) is 44.2 Å². The third-order valence-electron chi connectivity index (χ3n) is 3.61. The Hall–Kier alpha value is -1.03. The van der Waals surface area contributed by atoms with E-state index in [1.807, 2.05) is 24.3 Å². The zero-order valence-electron chi connectivity index (χ0n) is 12.6. The Kier molecular flexibility index (Phi) is 6.51. The van der Waals surface area contributed by atoms with Crippen molar-refractivity contribution in [3.05, 3.63) is 34.3 Å².